The van der Waals surface area contributed by atoms with Crippen LogP contribution in [0.2, 0.25) is 0 Å². The Balaban J connectivity index is 1.38. The van der Waals surface area contributed by atoms with E-state index in [2.05, 4.69) is 28.9 Å². The van der Waals surface area contributed by atoms with Crippen molar-refractivity contribution < 1.29 is 13.2 Å². The number of oxazole rings is 1. The predicted octanol–water partition coefficient (Wildman–Crippen LogP) is 4.83. The number of benzene rings is 1. The van der Waals surface area contributed by atoms with Crippen LogP contribution in [0.15, 0.2) is 51.5 Å². The fraction of sp³-hybridized carbons (Fsp3) is 0.350. The normalized spacial score (nSPS) is 19.5. The lowest BCUT2D eigenvalue weighted by atomic mass is 10.2. The molecule has 2 atom stereocenters. The highest BCUT2D eigenvalue weighted by atomic mass is 19.1. The van der Waals surface area contributed by atoms with Gasteiger partial charge in [0.1, 0.15) is 23.6 Å². The van der Waals surface area contributed by atoms with Crippen LogP contribution in [0.4, 0.5) is 4.39 Å². The first-order valence-electron chi connectivity index (χ1n) is 8.56. The third-order valence-corrected chi connectivity index (χ3v) is 4.64. The molecule has 2 aromatic heterocycles. The lowest BCUT2D eigenvalue weighted by molar-refractivity contribution is 0.280. The second-order valence-electron chi connectivity index (χ2n) is 6.95. The number of hydrogen-bond acceptors (Lipinski definition) is 4. The maximum atomic E-state index is 13.3. The van der Waals surface area contributed by atoms with Crippen molar-refractivity contribution in [3.8, 4) is 11.5 Å². The van der Waals surface area contributed by atoms with E-state index in [4.69, 9.17) is 8.83 Å². The van der Waals surface area contributed by atoms with Gasteiger partial charge in [0.25, 0.3) is 0 Å². The molecule has 0 N–H and O–H groups in total. The topological polar surface area (TPSA) is 42.4 Å². The highest BCUT2D eigenvalue weighted by molar-refractivity contribution is 5.52. The Morgan fingerprint density at radius 1 is 1.24 bits per heavy atom. The molecule has 2 heterocycles. The smallest absolute Gasteiger partial charge is 0.226 e. The molecule has 0 bridgehead atoms. The van der Waals surface area contributed by atoms with Gasteiger partial charge in [0.05, 0.1) is 12.2 Å². The summed E-state index contributed by atoms with van der Waals surface area (Å²) in [6.45, 7) is 3.59. The number of furan rings is 1. The molecule has 1 fully saturated rings. The Morgan fingerprint density at radius 3 is 2.84 bits per heavy atom. The van der Waals surface area contributed by atoms with Crippen molar-refractivity contribution in [3.63, 3.8) is 0 Å². The molecule has 0 aliphatic heterocycles. The average Bonchev–Trinajstić information content (AvgIpc) is 2.99. The van der Waals surface area contributed by atoms with E-state index in [0.29, 0.717) is 30.5 Å². The van der Waals surface area contributed by atoms with Crippen molar-refractivity contribution in [2.24, 2.45) is 5.92 Å². The van der Waals surface area contributed by atoms with E-state index >= 15 is 0 Å². The maximum Gasteiger partial charge on any atom is 0.226 e. The fourth-order valence-electron chi connectivity index (χ4n) is 3.13. The van der Waals surface area contributed by atoms with Crippen molar-refractivity contribution in [1.29, 1.82) is 0 Å². The molecule has 3 aromatic rings. The quantitative estimate of drug-likeness (QED) is 0.644. The van der Waals surface area contributed by atoms with E-state index in [-0.39, 0.29) is 5.82 Å². The number of hydrogen-bond donors (Lipinski definition) is 0. The number of rotatable bonds is 6. The summed E-state index contributed by atoms with van der Waals surface area (Å²) in [5, 5.41) is 0. The molecule has 1 aliphatic rings. The summed E-state index contributed by atoms with van der Waals surface area (Å²) in [7, 11) is 2.01. The van der Waals surface area contributed by atoms with E-state index in [0.717, 1.165) is 23.1 Å². The molecular weight excluding hydrogens is 319 g/mol. The van der Waals surface area contributed by atoms with E-state index in [1.165, 1.54) is 18.6 Å². The first kappa shape index (κ1) is 16.1. The van der Waals surface area contributed by atoms with Gasteiger partial charge in [0, 0.05) is 18.0 Å². The van der Waals surface area contributed by atoms with Gasteiger partial charge in [-0.3, -0.25) is 4.90 Å². The van der Waals surface area contributed by atoms with Crippen molar-refractivity contribution in [2.75, 3.05) is 7.05 Å². The summed E-state index contributed by atoms with van der Waals surface area (Å²) in [5.41, 5.74) is 1.45. The van der Waals surface area contributed by atoms with Crippen molar-refractivity contribution >= 4 is 0 Å². The predicted molar refractivity (Wildman–Crippen MR) is 92.3 cm³/mol. The van der Waals surface area contributed by atoms with Gasteiger partial charge in [0.2, 0.25) is 5.89 Å². The minimum atomic E-state index is -0.298. The minimum absolute atomic E-state index is 0.298. The molecule has 5 heteroatoms. The maximum absolute atomic E-state index is 13.3. The summed E-state index contributed by atoms with van der Waals surface area (Å²) < 4.78 is 24.7. The zero-order valence-corrected chi connectivity index (χ0v) is 14.4. The van der Waals surface area contributed by atoms with Crippen LogP contribution in [-0.4, -0.2) is 16.9 Å². The van der Waals surface area contributed by atoms with E-state index in [9.17, 15) is 4.39 Å². The van der Waals surface area contributed by atoms with Gasteiger partial charge >= 0.3 is 0 Å². The first-order valence-corrected chi connectivity index (χ1v) is 8.56. The Kier molecular flexibility index (Phi) is 4.17. The molecule has 130 valence electrons. The Bertz CT molecular complexity index is 870. The summed E-state index contributed by atoms with van der Waals surface area (Å²) in [6, 6.07) is 10.4. The van der Waals surface area contributed by atoms with Gasteiger partial charge in [-0.2, -0.15) is 0 Å². The van der Waals surface area contributed by atoms with Crippen LogP contribution in [0.1, 0.15) is 36.5 Å². The summed E-state index contributed by atoms with van der Waals surface area (Å²) in [5.74, 6) is 3.55. The van der Waals surface area contributed by atoms with Crippen LogP contribution in [0.3, 0.4) is 0 Å². The molecule has 1 saturated carbocycles. The molecule has 0 amide bonds. The minimum Gasteiger partial charge on any atom is -0.464 e. The zero-order chi connectivity index (χ0) is 17.4. The zero-order valence-electron chi connectivity index (χ0n) is 14.4. The highest BCUT2D eigenvalue weighted by Crippen LogP contribution is 2.47. The molecule has 0 saturated heterocycles. The van der Waals surface area contributed by atoms with E-state index in [1.807, 2.05) is 7.05 Å². The second-order valence-corrected chi connectivity index (χ2v) is 6.95. The van der Waals surface area contributed by atoms with Crippen LogP contribution in [-0.2, 0) is 13.1 Å². The molecular formula is C20H21FN2O2. The monoisotopic (exact) mass is 340 g/mol. The molecule has 25 heavy (non-hydrogen) atoms. The van der Waals surface area contributed by atoms with E-state index < -0.39 is 0 Å². The molecule has 1 aliphatic carbocycles. The molecule has 0 unspecified atom stereocenters. The molecule has 4 nitrogen and oxygen atoms in total. The summed E-state index contributed by atoms with van der Waals surface area (Å²) in [4.78, 5) is 6.57. The largest absolute Gasteiger partial charge is 0.464 e. The summed E-state index contributed by atoms with van der Waals surface area (Å²) >= 11 is 0. The summed E-state index contributed by atoms with van der Waals surface area (Å²) in [6.07, 6.45) is 2.85. The number of halogens is 1. The third-order valence-electron chi connectivity index (χ3n) is 4.64. The van der Waals surface area contributed by atoms with Gasteiger partial charge in [-0.05, 0) is 49.7 Å². The van der Waals surface area contributed by atoms with E-state index in [1.54, 1.807) is 18.4 Å². The Hall–Kier alpha value is -2.40. The SMILES string of the molecule is C[C@@H]1C[C@H]1c1ccc(CN(C)Cc2coc(-c3cccc(F)c3)n2)o1. The van der Waals surface area contributed by atoms with Gasteiger partial charge in [-0.25, -0.2) is 9.37 Å². The fourth-order valence-corrected chi connectivity index (χ4v) is 3.13. The lowest BCUT2D eigenvalue weighted by Gasteiger charge is -2.12. The average molecular weight is 340 g/mol. The standard InChI is InChI=1S/C20H21FN2O2/c1-13-8-18(13)19-7-6-17(25-19)11-23(2)10-16-12-24-20(22-16)14-4-3-5-15(21)9-14/h3-7,9,12-13,18H,8,10-11H2,1-2H3/t13-,18-/m1/s1. The van der Waals surface area contributed by atoms with Gasteiger partial charge in [0.15, 0.2) is 0 Å². The number of nitrogens with zero attached hydrogens (tertiary/aromatic N) is 2. The van der Waals surface area contributed by atoms with Crippen molar-refractivity contribution in [1.82, 2.24) is 9.88 Å². The third kappa shape index (κ3) is 3.66. The Labute approximate surface area is 146 Å². The van der Waals surface area contributed by atoms with Crippen LogP contribution >= 0.6 is 0 Å². The first-order chi connectivity index (χ1) is 12.1. The molecule has 0 radical (unpaired) electrons. The number of aromatic nitrogens is 1. The molecule has 4 rings (SSSR count). The van der Waals surface area contributed by atoms with Gasteiger partial charge in [-0.15, -0.1) is 0 Å². The van der Waals surface area contributed by atoms with Crippen LogP contribution in [0.5, 0.6) is 0 Å². The highest BCUT2D eigenvalue weighted by Gasteiger charge is 2.36. The van der Waals surface area contributed by atoms with Crippen LogP contribution in [0.25, 0.3) is 11.5 Å². The Morgan fingerprint density at radius 2 is 2.08 bits per heavy atom. The molecule has 0 spiro atoms. The van der Waals surface area contributed by atoms with Gasteiger partial charge in [-0.1, -0.05) is 13.0 Å². The van der Waals surface area contributed by atoms with Crippen LogP contribution in [0, 0.1) is 11.7 Å². The van der Waals surface area contributed by atoms with Crippen molar-refractivity contribution in [2.45, 2.75) is 32.4 Å². The van der Waals surface area contributed by atoms with Crippen LogP contribution < -0.4 is 0 Å². The van der Waals surface area contributed by atoms with Crippen molar-refractivity contribution in [3.05, 3.63) is 65.7 Å². The van der Waals surface area contributed by atoms with Gasteiger partial charge < -0.3 is 8.83 Å². The molecule has 1 aromatic carbocycles. The second kappa shape index (κ2) is 6.48. The lowest BCUT2D eigenvalue weighted by Crippen LogP contribution is -2.17.